The van der Waals surface area contributed by atoms with Gasteiger partial charge in [-0.2, -0.15) is 0 Å². The first-order chi connectivity index (χ1) is 12.5. The van der Waals surface area contributed by atoms with Crippen LogP contribution in [-0.2, 0) is 0 Å². The first kappa shape index (κ1) is 18.1. The summed E-state index contributed by atoms with van der Waals surface area (Å²) in [6.45, 7) is 3.52. The fourth-order valence-electron chi connectivity index (χ4n) is 2.90. The molecular weight excluding hydrogens is 346 g/mol. The number of hydrogen-bond acceptors (Lipinski definition) is 3. The third kappa shape index (κ3) is 4.26. The van der Waals surface area contributed by atoms with Crippen molar-refractivity contribution in [3.8, 4) is 0 Å². The van der Waals surface area contributed by atoms with Crippen molar-refractivity contribution in [3.63, 3.8) is 0 Å². The minimum absolute atomic E-state index is 0.0155. The van der Waals surface area contributed by atoms with Crippen LogP contribution >= 0.6 is 12.2 Å². The molecule has 0 spiro atoms. The lowest BCUT2D eigenvalue weighted by atomic mass is 10.1. The molecule has 26 heavy (non-hydrogen) atoms. The van der Waals surface area contributed by atoms with E-state index in [1.807, 2.05) is 36.1 Å². The van der Waals surface area contributed by atoms with Gasteiger partial charge in [-0.1, -0.05) is 29.8 Å². The number of nitrogens with zero attached hydrogens (tertiary/aromatic N) is 1. The molecule has 0 saturated carbocycles. The third-order valence-corrected chi connectivity index (χ3v) is 4.54. The second kappa shape index (κ2) is 8.10. The van der Waals surface area contributed by atoms with Gasteiger partial charge in [0.25, 0.3) is 11.8 Å². The number of amides is 2. The third-order valence-electron chi connectivity index (χ3n) is 4.34. The molecule has 0 bridgehead atoms. The molecule has 0 aromatic heterocycles. The second-order valence-electron chi connectivity index (χ2n) is 6.32. The zero-order valence-corrected chi connectivity index (χ0v) is 15.4. The van der Waals surface area contributed by atoms with Gasteiger partial charge in [-0.15, -0.1) is 0 Å². The summed E-state index contributed by atoms with van der Waals surface area (Å²) in [6, 6.07) is 14.4. The normalized spacial score (nSPS) is 13.3. The second-order valence-corrected chi connectivity index (χ2v) is 6.73. The van der Waals surface area contributed by atoms with Crippen molar-refractivity contribution in [3.05, 3.63) is 65.2 Å². The van der Waals surface area contributed by atoms with Crippen LogP contribution in [0, 0.1) is 6.92 Å². The summed E-state index contributed by atoms with van der Waals surface area (Å²) in [5.74, 6) is -0.302. The van der Waals surface area contributed by atoms with E-state index in [9.17, 15) is 9.59 Å². The van der Waals surface area contributed by atoms with Crippen LogP contribution in [0.4, 0.5) is 5.69 Å². The Morgan fingerprint density at radius 1 is 1.00 bits per heavy atom. The molecule has 6 heteroatoms. The molecule has 2 N–H and O–H groups in total. The van der Waals surface area contributed by atoms with Crippen LogP contribution in [0.3, 0.4) is 0 Å². The van der Waals surface area contributed by atoms with Crippen LogP contribution in [0.1, 0.15) is 39.1 Å². The van der Waals surface area contributed by atoms with E-state index in [-0.39, 0.29) is 16.9 Å². The minimum Gasteiger partial charge on any atom is -0.339 e. The predicted molar refractivity (Wildman–Crippen MR) is 106 cm³/mol. The maximum atomic E-state index is 12.7. The molecule has 1 heterocycles. The average molecular weight is 367 g/mol. The fraction of sp³-hybridized carbons (Fsp3) is 0.250. The Labute approximate surface area is 158 Å². The van der Waals surface area contributed by atoms with Crippen molar-refractivity contribution in [1.82, 2.24) is 10.2 Å². The number of hydrogen-bond donors (Lipinski definition) is 2. The number of nitrogens with one attached hydrogen (secondary N) is 2. The van der Waals surface area contributed by atoms with Gasteiger partial charge in [-0.3, -0.25) is 14.9 Å². The number of benzene rings is 2. The van der Waals surface area contributed by atoms with E-state index in [0.29, 0.717) is 16.8 Å². The zero-order valence-electron chi connectivity index (χ0n) is 14.6. The molecular formula is C20H21N3O2S. The van der Waals surface area contributed by atoms with E-state index in [1.165, 1.54) is 0 Å². The largest absolute Gasteiger partial charge is 0.339 e. The van der Waals surface area contributed by atoms with E-state index in [0.717, 1.165) is 31.5 Å². The fourth-order valence-corrected chi connectivity index (χ4v) is 3.11. The number of thiocarbonyl (C=S) groups is 1. The Hall–Kier alpha value is -2.73. The summed E-state index contributed by atoms with van der Waals surface area (Å²) in [7, 11) is 0. The number of likely N-dealkylation sites (tertiary alicyclic amines) is 1. The summed E-state index contributed by atoms with van der Waals surface area (Å²) < 4.78 is 0. The van der Waals surface area contributed by atoms with E-state index in [2.05, 4.69) is 10.6 Å². The van der Waals surface area contributed by atoms with Crippen molar-refractivity contribution in [2.45, 2.75) is 19.8 Å². The molecule has 0 unspecified atom stereocenters. The highest BCUT2D eigenvalue weighted by Gasteiger charge is 2.22. The van der Waals surface area contributed by atoms with E-state index < -0.39 is 0 Å². The Morgan fingerprint density at radius 3 is 2.35 bits per heavy atom. The number of anilines is 1. The van der Waals surface area contributed by atoms with Crippen LogP contribution in [0.2, 0.25) is 0 Å². The molecule has 1 fully saturated rings. The highest BCUT2D eigenvalue weighted by Crippen LogP contribution is 2.20. The SMILES string of the molecule is Cc1ccc(C(=O)NC(=S)Nc2ccccc2C(=O)N2CCCC2)cc1. The summed E-state index contributed by atoms with van der Waals surface area (Å²) in [5, 5.41) is 5.80. The van der Waals surface area contributed by atoms with Crippen LogP contribution < -0.4 is 10.6 Å². The van der Waals surface area contributed by atoms with Gasteiger partial charge in [0, 0.05) is 18.7 Å². The molecule has 2 aromatic carbocycles. The molecule has 1 aliphatic heterocycles. The van der Waals surface area contributed by atoms with Crippen molar-refractivity contribution in [2.75, 3.05) is 18.4 Å². The lowest BCUT2D eigenvalue weighted by Gasteiger charge is -2.18. The summed E-state index contributed by atoms with van der Waals surface area (Å²) in [4.78, 5) is 26.8. The zero-order chi connectivity index (χ0) is 18.5. The number of para-hydroxylation sites is 1. The summed E-state index contributed by atoms with van der Waals surface area (Å²) >= 11 is 5.25. The van der Waals surface area contributed by atoms with Crippen LogP contribution in [-0.4, -0.2) is 34.9 Å². The number of carbonyl (C=O) groups is 2. The smallest absolute Gasteiger partial charge is 0.257 e. The lowest BCUT2D eigenvalue weighted by molar-refractivity contribution is 0.0793. The standard InChI is InChI=1S/C20H21N3O2S/c1-14-8-10-15(11-9-14)18(24)22-20(26)21-17-7-3-2-6-16(17)19(25)23-12-4-5-13-23/h2-3,6-11H,4-5,12-13H2,1H3,(H2,21,22,24,26). The Kier molecular flexibility index (Phi) is 5.63. The van der Waals surface area contributed by atoms with Gasteiger partial charge in [0.2, 0.25) is 0 Å². The predicted octanol–water partition coefficient (Wildman–Crippen LogP) is 3.36. The molecule has 0 radical (unpaired) electrons. The average Bonchev–Trinajstić information content (AvgIpc) is 3.16. The summed E-state index contributed by atoms with van der Waals surface area (Å²) in [5.41, 5.74) is 2.76. The van der Waals surface area contributed by atoms with Crippen LogP contribution in [0.5, 0.6) is 0 Å². The van der Waals surface area contributed by atoms with Gasteiger partial charge in [-0.05, 0) is 56.2 Å². The van der Waals surface area contributed by atoms with Gasteiger partial charge in [0.05, 0.1) is 11.3 Å². The van der Waals surface area contributed by atoms with Gasteiger partial charge in [0.1, 0.15) is 0 Å². The molecule has 2 aromatic rings. The van der Waals surface area contributed by atoms with Gasteiger partial charge >= 0.3 is 0 Å². The molecule has 1 aliphatic rings. The van der Waals surface area contributed by atoms with Gasteiger partial charge in [-0.25, -0.2) is 0 Å². The lowest BCUT2D eigenvalue weighted by Crippen LogP contribution is -2.35. The quantitative estimate of drug-likeness (QED) is 0.817. The van der Waals surface area contributed by atoms with E-state index in [1.54, 1.807) is 24.3 Å². The highest BCUT2D eigenvalue weighted by molar-refractivity contribution is 7.80. The maximum Gasteiger partial charge on any atom is 0.257 e. The Morgan fingerprint density at radius 2 is 1.65 bits per heavy atom. The number of rotatable bonds is 3. The molecule has 5 nitrogen and oxygen atoms in total. The summed E-state index contributed by atoms with van der Waals surface area (Å²) in [6.07, 6.45) is 2.07. The number of carbonyl (C=O) groups excluding carboxylic acids is 2. The van der Waals surface area contributed by atoms with E-state index >= 15 is 0 Å². The van der Waals surface area contributed by atoms with Crippen molar-refractivity contribution >= 4 is 34.8 Å². The molecule has 0 atom stereocenters. The van der Waals surface area contributed by atoms with Crippen molar-refractivity contribution in [2.24, 2.45) is 0 Å². The van der Waals surface area contributed by atoms with Crippen LogP contribution in [0.15, 0.2) is 48.5 Å². The molecule has 3 rings (SSSR count). The topological polar surface area (TPSA) is 61.4 Å². The maximum absolute atomic E-state index is 12.7. The molecule has 2 amide bonds. The van der Waals surface area contributed by atoms with Crippen molar-refractivity contribution in [1.29, 1.82) is 0 Å². The minimum atomic E-state index is -0.286. The molecule has 0 aliphatic carbocycles. The van der Waals surface area contributed by atoms with Gasteiger partial charge < -0.3 is 10.2 Å². The number of aryl methyl sites for hydroxylation is 1. The first-order valence-corrected chi connectivity index (χ1v) is 9.03. The van der Waals surface area contributed by atoms with Crippen LogP contribution in [0.25, 0.3) is 0 Å². The molecule has 134 valence electrons. The monoisotopic (exact) mass is 367 g/mol. The molecule has 1 saturated heterocycles. The highest BCUT2D eigenvalue weighted by atomic mass is 32.1. The van der Waals surface area contributed by atoms with E-state index in [4.69, 9.17) is 12.2 Å². The Balaban J connectivity index is 1.68. The Bertz CT molecular complexity index is 827. The van der Waals surface area contributed by atoms with Crippen molar-refractivity contribution < 1.29 is 9.59 Å². The first-order valence-electron chi connectivity index (χ1n) is 8.62. The van der Waals surface area contributed by atoms with Gasteiger partial charge in [0.15, 0.2) is 5.11 Å².